The normalized spacial score (nSPS) is 19.1. The molecule has 0 bridgehead atoms. The monoisotopic (exact) mass is 305 g/mol. The number of nitrogens with one attached hydrogen (secondary N) is 1. The van der Waals surface area contributed by atoms with Crippen molar-refractivity contribution in [1.82, 2.24) is 5.32 Å². The van der Waals surface area contributed by atoms with Crippen LogP contribution >= 0.6 is 0 Å². The van der Waals surface area contributed by atoms with Crippen LogP contribution in [0.1, 0.15) is 45.0 Å². The molecular formula is C16H24BNO4. The van der Waals surface area contributed by atoms with E-state index in [4.69, 9.17) is 14.0 Å². The smallest absolute Gasteiger partial charge is 0.497 e. The van der Waals surface area contributed by atoms with Gasteiger partial charge in [0.05, 0.1) is 18.3 Å². The van der Waals surface area contributed by atoms with Gasteiger partial charge in [0.25, 0.3) is 5.91 Å². The lowest BCUT2D eigenvalue weighted by Gasteiger charge is -2.32. The SMILES string of the molecule is CCNC(=O)c1ccc(OC)c(B2OC(C)(C)C(C)(C)O2)c1. The van der Waals surface area contributed by atoms with Gasteiger partial charge in [-0.25, -0.2) is 0 Å². The molecular weight excluding hydrogens is 281 g/mol. The van der Waals surface area contributed by atoms with Gasteiger partial charge in [0, 0.05) is 17.6 Å². The largest absolute Gasteiger partial charge is 0.498 e. The molecule has 1 aromatic rings. The molecule has 1 fully saturated rings. The molecule has 1 heterocycles. The summed E-state index contributed by atoms with van der Waals surface area (Å²) in [7, 11) is 1.03. The van der Waals surface area contributed by atoms with E-state index in [2.05, 4.69) is 5.32 Å². The molecule has 1 aliphatic rings. The molecule has 1 aliphatic heterocycles. The highest BCUT2D eigenvalue weighted by atomic mass is 16.7. The summed E-state index contributed by atoms with van der Waals surface area (Å²) in [6.07, 6.45) is 0. The number of carbonyl (C=O) groups is 1. The first kappa shape index (κ1) is 16.8. The average molecular weight is 305 g/mol. The standard InChI is InChI=1S/C16H24BNO4/c1-7-18-14(19)11-8-9-13(20-6)12(10-11)17-21-15(2,3)16(4,5)22-17/h8-10H,7H2,1-6H3,(H,18,19). The fraction of sp³-hybridized carbons (Fsp3) is 0.562. The molecule has 1 N–H and O–H groups in total. The number of carbonyl (C=O) groups excluding carboxylic acids is 1. The van der Waals surface area contributed by atoms with Crippen molar-refractivity contribution in [2.24, 2.45) is 0 Å². The highest BCUT2D eigenvalue weighted by Crippen LogP contribution is 2.37. The molecule has 0 radical (unpaired) electrons. The summed E-state index contributed by atoms with van der Waals surface area (Å²) in [5.74, 6) is 0.523. The number of amides is 1. The van der Waals surface area contributed by atoms with Gasteiger partial charge in [0.2, 0.25) is 0 Å². The first-order valence-corrected chi connectivity index (χ1v) is 7.53. The summed E-state index contributed by atoms with van der Waals surface area (Å²) in [5.41, 5.74) is 0.409. The molecule has 0 atom stereocenters. The first-order chi connectivity index (χ1) is 10.2. The average Bonchev–Trinajstić information content (AvgIpc) is 2.67. The summed E-state index contributed by atoms with van der Waals surface area (Å²) in [4.78, 5) is 12.0. The zero-order chi connectivity index (χ0) is 16.5. The van der Waals surface area contributed by atoms with Gasteiger partial charge in [-0.2, -0.15) is 0 Å². The molecule has 120 valence electrons. The highest BCUT2D eigenvalue weighted by molar-refractivity contribution is 6.63. The Morgan fingerprint density at radius 3 is 2.32 bits per heavy atom. The number of methoxy groups -OCH3 is 1. The van der Waals surface area contributed by atoms with E-state index in [1.54, 1.807) is 25.3 Å². The van der Waals surface area contributed by atoms with Crippen molar-refractivity contribution in [2.45, 2.75) is 45.8 Å². The van der Waals surface area contributed by atoms with E-state index in [0.29, 0.717) is 17.9 Å². The van der Waals surface area contributed by atoms with Crippen molar-refractivity contribution in [3.05, 3.63) is 23.8 Å². The molecule has 0 aliphatic carbocycles. The number of hydrogen-bond donors (Lipinski definition) is 1. The lowest BCUT2D eigenvalue weighted by Crippen LogP contribution is -2.41. The lowest BCUT2D eigenvalue weighted by molar-refractivity contribution is 0.00578. The van der Waals surface area contributed by atoms with Crippen molar-refractivity contribution >= 4 is 18.5 Å². The third-order valence-electron chi connectivity index (χ3n) is 4.34. The van der Waals surface area contributed by atoms with Gasteiger partial charge in [-0.1, -0.05) is 0 Å². The Balaban J connectivity index is 2.37. The Kier molecular flexibility index (Phi) is 4.54. The van der Waals surface area contributed by atoms with E-state index in [1.807, 2.05) is 34.6 Å². The Bertz CT molecular complexity index is 555. The van der Waals surface area contributed by atoms with Gasteiger partial charge < -0.3 is 19.4 Å². The van der Waals surface area contributed by atoms with E-state index in [1.165, 1.54) is 0 Å². The van der Waals surface area contributed by atoms with Crippen LogP contribution in [-0.2, 0) is 9.31 Å². The summed E-state index contributed by atoms with van der Waals surface area (Å²) in [6, 6.07) is 5.27. The summed E-state index contributed by atoms with van der Waals surface area (Å²) < 4.78 is 17.5. The van der Waals surface area contributed by atoms with Crippen molar-refractivity contribution in [3.63, 3.8) is 0 Å². The molecule has 22 heavy (non-hydrogen) atoms. The maximum atomic E-state index is 12.0. The Morgan fingerprint density at radius 1 is 1.23 bits per heavy atom. The summed E-state index contributed by atoms with van der Waals surface area (Å²) in [5, 5.41) is 2.79. The fourth-order valence-corrected chi connectivity index (χ4v) is 2.29. The van der Waals surface area contributed by atoms with Crippen LogP contribution < -0.4 is 15.5 Å². The van der Waals surface area contributed by atoms with Crippen LogP contribution in [0.5, 0.6) is 5.75 Å². The number of hydrogen-bond acceptors (Lipinski definition) is 4. The Morgan fingerprint density at radius 2 is 1.82 bits per heavy atom. The van der Waals surface area contributed by atoms with E-state index in [-0.39, 0.29) is 5.91 Å². The second-order valence-electron chi connectivity index (χ2n) is 6.40. The van der Waals surface area contributed by atoms with E-state index in [0.717, 1.165) is 5.46 Å². The molecule has 6 heteroatoms. The quantitative estimate of drug-likeness (QED) is 0.861. The fourth-order valence-electron chi connectivity index (χ4n) is 2.29. The second kappa shape index (κ2) is 5.93. The number of ether oxygens (including phenoxy) is 1. The minimum absolute atomic E-state index is 0.122. The van der Waals surface area contributed by atoms with Crippen molar-refractivity contribution < 1.29 is 18.8 Å². The van der Waals surface area contributed by atoms with Crippen LogP contribution in [-0.4, -0.2) is 37.9 Å². The highest BCUT2D eigenvalue weighted by Gasteiger charge is 2.52. The molecule has 0 saturated carbocycles. The molecule has 1 amide bonds. The predicted octanol–water partition coefficient (Wildman–Crippen LogP) is 1.74. The topological polar surface area (TPSA) is 56.8 Å². The van der Waals surface area contributed by atoms with Gasteiger partial charge >= 0.3 is 7.12 Å². The zero-order valence-electron chi connectivity index (χ0n) is 14.1. The number of rotatable bonds is 4. The third kappa shape index (κ3) is 2.98. The molecule has 0 aromatic heterocycles. The zero-order valence-corrected chi connectivity index (χ0v) is 14.1. The van der Waals surface area contributed by atoms with Crippen LogP contribution in [0.2, 0.25) is 0 Å². The molecule has 5 nitrogen and oxygen atoms in total. The van der Waals surface area contributed by atoms with E-state index >= 15 is 0 Å². The van der Waals surface area contributed by atoms with Crippen LogP contribution in [0.4, 0.5) is 0 Å². The predicted molar refractivity (Wildman–Crippen MR) is 86.7 cm³/mol. The van der Waals surface area contributed by atoms with Gasteiger partial charge in [0.1, 0.15) is 5.75 Å². The molecule has 0 unspecified atom stereocenters. The molecule has 0 spiro atoms. The maximum Gasteiger partial charge on any atom is 0.498 e. The van der Waals surface area contributed by atoms with Gasteiger partial charge in [-0.3, -0.25) is 4.79 Å². The molecule has 2 rings (SSSR count). The summed E-state index contributed by atoms with van der Waals surface area (Å²) >= 11 is 0. The van der Waals surface area contributed by atoms with Gasteiger partial charge in [-0.15, -0.1) is 0 Å². The van der Waals surface area contributed by atoms with Crippen LogP contribution in [0.25, 0.3) is 0 Å². The van der Waals surface area contributed by atoms with Crippen molar-refractivity contribution in [1.29, 1.82) is 0 Å². The summed E-state index contributed by atoms with van der Waals surface area (Å²) in [6.45, 7) is 10.4. The van der Waals surface area contributed by atoms with Crippen molar-refractivity contribution in [2.75, 3.05) is 13.7 Å². The van der Waals surface area contributed by atoms with E-state index < -0.39 is 18.3 Å². The minimum atomic E-state index is -0.561. The van der Waals surface area contributed by atoms with Crippen LogP contribution in [0, 0.1) is 0 Å². The van der Waals surface area contributed by atoms with E-state index in [9.17, 15) is 4.79 Å². The molecule has 1 aromatic carbocycles. The Labute approximate surface area is 132 Å². The van der Waals surface area contributed by atoms with Gasteiger partial charge in [-0.05, 0) is 52.8 Å². The molecule has 1 saturated heterocycles. The van der Waals surface area contributed by atoms with Crippen molar-refractivity contribution in [3.8, 4) is 5.75 Å². The minimum Gasteiger partial charge on any atom is -0.497 e. The number of benzene rings is 1. The Hall–Kier alpha value is -1.53. The lowest BCUT2D eigenvalue weighted by atomic mass is 9.77. The third-order valence-corrected chi connectivity index (χ3v) is 4.34. The maximum absolute atomic E-state index is 12.0. The van der Waals surface area contributed by atoms with Crippen LogP contribution in [0.15, 0.2) is 18.2 Å². The first-order valence-electron chi connectivity index (χ1n) is 7.53. The second-order valence-corrected chi connectivity index (χ2v) is 6.40. The van der Waals surface area contributed by atoms with Gasteiger partial charge in [0.15, 0.2) is 0 Å². The van der Waals surface area contributed by atoms with Crippen LogP contribution in [0.3, 0.4) is 0 Å².